The van der Waals surface area contributed by atoms with Crippen LogP contribution < -0.4 is 0 Å². The van der Waals surface area contributed by atoms with Gasteiger partial charge in [-0.25, -0.2) is 0 Å². The van der Waals surface area contributed by atoms with Crippen molar-refractivity contribution in [2.75, 3.05) is 5.88 Å². The summed E-state index contributed by atoms with van der Waals surface area (Å²) >= 11 is 9.14. The van der Waals surface area contributed by atoms with E-state index >= 15 is 0 Å². The van der Waals surface area contributed by atoms with E-state index in [1.54, 1.807) is 0 Å². The van der Waals surface area contributed by atoms with Crippen LogP contribution in [0.1, 0.15) is 18.6 Å². The van der Waals surface area contributed by atoms with Gasteiger partial charge in [0.1, 0.15) is 5.76 Å². The summed E-state index contributed by atoms with van der Waals surface area (Å²) in [5.41, 5.74) is 0.360. The molecule has 2 rings (SSSR count). The lowest BCUT2D eigenvalue weighted by Crippen LogP contribution is -2.05. The molecule has 0 N–H and O–H groups in total. The summed E-state index contributed by atoms with van der Waals surface area (Å²) in [4.78, 5) is 0. The van der Waals surface area contributed by atoms with Gasteiger partial charge in [-0.1, -0.05) is 0 Å². The molecule has 1 aliphatic carbocycles. The second-order valence-corrected chi connectivity index (χ2v) is 4.57. The number of hydrogen-bond acceptors (Lipinski definition) is 1. The monoisotopic (exact) mass is 248 g/mol. The first kappa shape index (κ1) is 8.64. The lowest BCUT2D eigenvalue weighted by molar-refractivity contribution is 0.437. The first-order chi connectivity index (χ1) is 5.74. The van der Waals surface area contributed by atoms with Crippen molar-refractivity contribution in [3.63, 3.8) is 0 Å². The Kier molecular flexibility index (Phi) is 2.21. The molecule has 0 amide bonds. The maximum absolute atomic E-state index is 5.86. The van der Waals surface area contributed by atoms with Gasteiger partial charge in [0.05, 0.1) is 0 Å². The van der Waals surface area contributed by atoms with E-state index < -0.39 is 0 Å². The van der Waals surface area contributed by atoms with Crippen molar-refractivity contribution in [1.29, 1.82) is 0 Å². The molecule has 1 saturated carbocycles. The minimum absolute atomic E-state index is 0.360. The Morgan fingerprint density at radius 3 is 2.67 bits per heavy atom. The Bertz CT molecular complexity index is 278. The third-order valence-corrected chi connectivity index (χ3v) is 3.41. The van der Waals surface area contributed by atoms with Crippen LogP contribution in [-0.2, 0) is 6.42 Å². The molecule has 1 aliphatic rings. The maximum atomic E-state index is 5.86. The number of halogens is 2. The number of hydrogen-bond donors (Lipinski definition) is 0. The summed E-state index contributed by atoms with van der Waals surface area (Å²) in [6.07, 6.45) is 3.48. The Morgan fingerprint density at radius 2 is 2.25 bits per heavy atom. The molecule has 1 aromatic heterocycles. The molecule has 1 fully saturated rings. The lowest BCUT2D eigenvalue weighted by atomic mass is 10.0. The quantitative estimate of drug-likeness (QED) is 0.746. The minimum Gasteiger partial charge on any atom is -0.454 e. The van der Waals surface area contributed by atoms with E-state index in [9.17, 15) is 0 Å². The maximum Gasteiger partial charge on any atom is 0.169 e. The smallest absolute Gasteiger partial charge is 0.169 e. The van der Waals surface area contributed by atoms with Gasteiger partial charge in [0.25, 0.3) is 0 Å². The molecule has 0 bridgehead atoms. The van der Waals surface area contributed by atoms with Crippen LogP contribution in [0.2, 0.25) is 0 Å². The fraction of sp³-hybridized carbons (Fsp3) is 0.556. The van der Waals surface area contributed by atoms with Crippen LogP contribution in [0.5, 0.6) is 0 Å². The first-order valence-corrected chi connectivity index (χ1v) is 5.37. The lowest BCUT2D eigenvalue weighted by Gasteiger charge is -2.07. The van der Waals surface area contributed by atoms with Gasteiger partial charge < -0.3 is 4.42 Å². The van der Waals surface area contributed by atoms with Gasteiger partial charge in [0, 0.05) is 12.3 Å². The summed E-state index contributed by atoms with van der Waals surface area (Å²) in [5, 5.41) is 0. The van der Waals surface area contributed by atoms with Crippen molar-refractivity contribution in [2.45, 2.75) is 19.3 Å². The average molecular weight is 250 g/mol. The zero-order valence-corrected chi connectivity index (χ0v) is 8.99. The molecule has 0 unspecified atom stereocenters. The van der Waals surface area contributed by atoms with Crippen molar-refractivity contribution in [1.82, 2.24) is 0 Å². The molecule has 0 radical (unpaired) electrons. The van der Waals surface area contributed by atoms with Gasteiger partial charge >= 0.3 is 0 Å². The van der Waals surface area contributed by atoms with Gasteiger partial charge in [0.15, 0.2) is 4.67 Å². The number of alkyl halides is 1. The molecular formula is C9H10BrClO. The SMILES string of the molecule is ClCC1(Cc2ccc(Br)o2)CC1. The summed E-state index contributed by atoms with van der Waals surface area (Å²) in [6, 6.07) is 3.94. The predicted octanol–water partition coefficient (Wildman–Crippen LogP) is 3.60. The molecule has 0 aromatic carbocycles. The molecular weight excluding hydrogens is 239 g/mol. The van der Waals surface area contributed by atoms with Crippen LogP contribution in [0.15, 0.2) is 21.2 Å². The zero-order valence-electron chi connectivity index (χ0n) is 6.65. The molecule has 0 aliphatic heterocycles. The molecule has 1 heterocycles. The van der Waals surface area contributed by atoms with Gasteiger partial charge in [-0.2, -0.15) is 0 Å². The van der Waals surface area contributed by atoms with E-state index in [0.29, 0.717) is 5.41 Å². The third-order valence-electron chi connectivity index (χ3n) is 2.42. The highest BCUT2D eigenvalue weighted by Gasteiger charge is 2.42. The van der Waals surface area contributed by atoms with E-state index in [-0.39, 0.29) is 0 Å². The van der Waals surface area contributed by atoms with Crippen molar-refractivity contribution >= 4 is 27.5 Å². The summed E-state index contributed by atoms with van der Waals surface area (Å²) in [5.74, 6) is 1.80. The number of furan rings is 1. The fourth-order valence-electron chi connectivity index (χ4n) is 1.35. The standard InChI is InChI=1S/C9H10BrClO/c10-8-2-1-7(12-8)5-9(6-11)3-4-9/h1-2H,3-6H2. The highest BCUT2D eigenvalue weighted by Crippen LogP contribution is 2.49. The Hall–Kier alpha value is 0.0500. The van der Waals surface area contributed by atoms with Crippen molar-refractivity contribution in [3.8, 4) is 0 Å². The van der Waals surface area contributed by atoms with Gasteiger partial charge in [-0.15, -0.1) is 11.6 Å². The summed E-state index contributed by atoms with van der Waals surface area (Å²) in [7, 11) is 0. The molecule has 0 atom stereocenters. The van der Waals surface area contributed by atoms with Crippen molar-refractivity contribution in [3.05, 3.63) is 22.6 Å². The van der Waals surface area contributed by atoms with Crippen molar-refractivity contribution < 1.29 is 4.42 Å². The topological polar surface area (TPSA) is 13.1 Å². The molecule has 0 spiro atoms. The molecule has 12 heavy (non-hydrogen) atoms. The largest absolute Gasteiger partial charge is 0.454 e. The Morgan fingerprint density at radius 1 is 1.50 bits per heavy atom. The summed E-state index contributed by atoms with van der Waals surface area (Å²) < 4.78 is 6.23. The molecule has 0 saturated heterocycles. The highest BCUT2D eigenvalue weighted by atomic mass is 79.9. The van der Waals surface area contributed by atoms with E-state index in [4.69, 9.17) is 16.0 Å². The average Bonchev–Trinajstić information content (AvgIpc) is 2.71. The minimum atomic E-state index is 0.360. The van der Waals surface area contributed by atoms with Crippen LogP contribution >= 0.6 is 27.5 Å². The highest BCUT2D eigenvalue weighted by molar-refractivity contribution is 9.10. The molecule has 66 valence electrons. The molecule has 3 heteroatoms. The van der Waals surface area contributed by atoms with Gasteiger partial charge in [-0.05, 0) is 46.3 Å². The zero-order chi connectivity index (χ0) is 8.60. The van der Waals surface area contributed by atoms with E-state index in [2.05, 4.69) is 15.9 Å². The molecule has 1 aromatic rings. The Labute approximate surface area is 85.2 Å². The van der Waals surface area contributed by atoms with E-state index in [1.807, 2.05) is 12.1 Å². The second kappa shape index (κ2) is 3.08. The second-order valence-electron chi connectivity index (χ2n) is 3.52. The molecule has 1 nitrogen and oxygen atoms in total. The fourth-order valence-corrected chi connectivity index (χ4v) is 2.05. The van der Waals surface area contributed by atoms with E-state index in [1.165, 1.54) is 12.8 Å². The first-order valence-electron chi connectivity index (χ1n) is 4.04. The Balaban J connectivity index is 2.04. The third kappa shape index (κ3) is 1.69. The normalized spacial score (nSPS) is 19.5. The summed E-state index contributed by atoms with van der Waals surface area (Å²) in [6.45, 7) is 0. The van der Waals surface area contributed by atoms with Crippen molar-refractivity contribution in [2.24, 2.45) is 5.41 Å². The van der Waals surface area contributed by atoms with Gasteiger partial charge in [-0.3, -0.25) is 0 Å². The van der Waals surface area contributed by atoms with E-state index in [0.717, 1.165) is 22.7 Å². The van der Waals surface area contributed by atoms with Crippen LogP contribution in [0.3, 0.4) is 0 Å². The predicted molar refractivity (Wildman–Crippen MR) is 52.5 cm³/mol. The van der Waals surface area contributed by atoms with Gasteiger partial charge in [0.2, 0.25) is 0 Å². The number of rotatable bonds is 3. The van der Waals surface area contributed by atoms with Crippen LogP contribution in [0, 0.1) is 5.41 Å². The van der Waals surface area contributed by atoms with Crippen LogP contribution in [0.4, 0.5) is 0 Å². The van der Waals surface area contributed by atoms with Crippen LogP contribution in [0.25, 0.3) is 0 Å². The van der Waals surface area contributed by atoms with Crippen LogP contribution in [-0.4, -0.2) is 5.88 Å².